The summed E-state index contributed by atoms with van der Waals surface area (Å²) in [6, 6.07) is 12.6. The van der Waals surface area contributed by atoms with Crippen LogP contribution in [0.4, 0.5) is 10.1 Å². The van der Waals surface area contributed by atoms with Gasteiger partial charge in [0.15, 0.2) is 0 Å². The van der Waals surface area contributed by atoms with Crippen LogP contribution in [0.2, 0.25) is 0 Å². The molecule has 0 aliphatic carbocycles. The number of hydrogen-bond donors (Lipinski definition) is 2. The zero-order chi connectivity index (χ0) is 18.9. The van der Waals surface area contributed by atoms with E-state index in [0.29, 0.717) is 16.5 Å². The minimum absolute atomic E-state index is 0.0896. The van der Waals surface area contributed by atoms with Gasteiger partial charge in [0, 0.05) is 23.4 Å². The zero-order valence-electron chi connectivity index (χ0n) is 14.4. The number of aromatic nitrogens is 1. The number of non-ortho nitro benzene ring substituents is 1. The van der Waals surface area contributed by atoms with Crippen LogP contribution in [-0.2, 0) is 5.41 Å². The van der Waals surface area contributed by atoms with Crippen molar-refractivity contribution in [1.29, 1.82) is 0 Å². The number of aromatic amines is 1. The molecule has 1 aromatic heterocycles. The first-order chi connectivity index (χ1) is 12.3. The van der Waals surface area contributed by atoms with Crippen LogP contribution in [0.15, 0.2) is 48.5 Å². The molecular weight excluding hydrogens is 337 g/mol. The second kappa shape index (κ2) is 6.59. The topological polar surface area (TPSA) is 88.0 Å². The van der Waals surface area contributed by atoms with Crippen molar-refractivity contribution in [2.75, 3.05) is 6.54 Å². The lowest BCUT2D eigenvalue weighted by Crippen LogP contribution is -2.37. The summed E-state index contributed by atoms with van der Waals surface area (Å²) in [4.78, 5) is 25.8. The molecule has 2 aromatic carbocycles. The molecule has 0 unspecified atom stereocenters. The molecule has 0 saturated carbocycles. The fraction of sp³-hybridized carbons (Fsp3) is 0.211. The quantitative estimate of drug-likeness (QED) is 0.537. The number of fused-ring (bicyclic) bond motifs is 1. The lowest BCUT2D eigenvalue weighted by atomic mass is 9.84. The molecule has 26 heavy (non-hydrogen) atoms. The van der Waals surface area contributed by atoms with Crippen LogP contribution in [0.5, 0.6) is 0 Å². The van der Waals surface area contributed by atoms with Gasteiger partial charge in [-0.05, 0) is 17.7 Å². The predicted molar refractivity (Wildman–Crippen MR) is 96.7 cm³/mol. The SMILES string of the molecule is CC(C)(CNC(=O)c1cc2cccc([N+](=O)[O-])c2[nH]1)c1ccccc1F. The number of carbonyl (C=O) groups excluding carboxylic acids is 1. The number of nitrogens with zero attached hydrogens (tertiary/aromatic N) is 1. The Balaban J connectivity index is 1.80. The van der Waals surface area contributed by atoms with Crippen LogP contribution in [0.1, 0.15) is 29.9 Å². The maximum absolute atomic E-state index is 14.0. The highest BCUT2D eigenvalue weighted by Crippen LogP contribution is 2.27. The molecular formula is C19H18FN3O3. The zero-order valence-corrected chi connectivity index (χ0v) is 14.4. The first-order valence-electron chi connectivity index (χ1n) is 8.09. The standard InChI is InChI=1S/C19H18FN3O3/c1-19(2,13-7-3-4-8-14(13)20)11-21-18(24)15-10-12-6-5-9-16(23(25)26)17(12)22-15/h3-10,22H,11H2,1-2H3,(H,21,24). The fourth-order valence-electron chi connectivity index (χ4n) is 2.92. The number of benzene rings is 2. The molecule has 3 aromatic rings. The summed E-state index contributed by atoms with van der Waals surface area (Å²) < 4.78 is 14.0. The Morgan fingerprint density at radius 2 is 1.96 bits per heavy atom. The molecule has 6 nitrogen and oxygen atoms in total. The Labute approximate surface area is 149 Å². The molecule has 0 bridgehead atoms. The molecule has 3 rings (SSSR count). The van der Waals surface area contributed by atoms with Crippen molar-refractivity contribution >= 4 is 22.5 Å². The number of para-hydroxylation sites is 1. The maximum Gasteiger partial charge on any atom is 0.293 e. The number of carbonyl (C=O) groups is 1. The number of nitro groups is 1. The van der Waals surface area contributed by atoms with E-state index in [0.717, 1.165) is 0 Å². The summed E-state index contributed by atoms with van der Waals surface area (Å²) in [5.74, 6) is -0.729. The van der Waals surface area contributed by atoms with E-state index in [1.54, 1.807) is 36.4 Å². The van der Waals surface area contributed by atoms with E-state index in [4.69, 9.17) is 0 Å². The minimum Gasteiger partial charge on any atom is -0.350 e. The number of amides is 1. The van der Waals surface area contributed by atoms with E-state index >= 15 is 0 Å². The molecule has 7 heteroatoms. The fourth-order valence-corrected chi connectivity index (χ4v) is 2.92. The predicted octanol–water partition coefficient (Wildman–Crippen LogP) is 3.92. The third-order valence-corrected chi connectivity index (χ3v) is 4.37. The Bertz CT molecular complexity index is 995. The first kappa shape index (κ1) is 17.6. The summed E-state index contributed by atoms with van der Waals surface area (Å²) in [7, 11) is 0. The van der Waals surface area contributed by atoms with Crippen molar-refractivity contribution < 1.29 is 14.1 Å². The second-order valence-electron chi connectivity index (χ2n) is 6.73. The Morgan fingerprint density at radius 1 is 1.23 bits per heavy atom. The van der Waals surface area contributed by atoms with Crippen molar-refractivity contribution in [1.82, 2.24) is 10.3 Å². The van der Waals surface area contributed by atoms with Crippen molar-refractivity contribution in [2.24, 2.45) is 0 Å². The Morgan fingerprint density at radius 3 is 2.65 bits per heavy atom. The van der Waals surface area contributed by atoms with E-state index in [-0.39, 0.29) is 23.7 Å². The van der Waals surface area contributed by atoms with Gasteiger partial charge in [0.1, 0.15) is 17.0 Å². The van der Waals surface area contributed by atoms with Crippen LogP contribution in [0, 0.1) is 15.9 Å². The average Bonchev–Trinajstić information content (AvgIpc) is 3.04. The van der Waals surface area contributed by atoms with Gasteiger partial charge in [-0.25, -0.2) is 4.39 Å². The van der Waals surface area contributed by atoms with E-state index in [2.05, 4.69) is 10.3 Å². The Kier molecular flexibility index (Phi) is 4.46. The molecule has 0 aliphatic rings. The van der Waals surface area contributed by atoms with Crippen LogP contribution >= 0.6 is 0 Å². The Hall–Kier alpha value is -3.22. The molecule has 1 amide bonds. The molecule has 0 radical (unpaired) electrons. The normalized spacial score (nSPS) is 11.5. The van der Waals surface area contributed by atoms with Gasteiger partial charge in [-0.3, -0.25) is 14.9 Å². The second-order valence-corrected chi connectivity index (χ2v) is 6.73. The van der Waals surface area contributed by atoms with Gasteiger partial charge < -0.3 is 10.3 Å². The smallest absolute Gasteiger partial charge is 0.293 e. The highest BCUT2D eigenvalue weighted by Gasteiger charge is 2.25. The number of H-pyrrole nitrogens is 1. The molecule has 2 N–H and O–H groups in total. The third-order valence-electron chi connectivity index (χ3n) is 4.37. The minimum atomic E-state index is -0.612. The van der Waals surface area contributed by atoms with Gasteiger partial charge in [-0.15, -0.1) is 0 Å². The largest absolute Gasteiger partial charge is 0.350 e. The summed E-state index contributed by atoms with van der Waals surface area (Å²) in [5, 5.41) is 14.4. The van der Waals surface area contributed by atoms with E-state index in [1.165, 1.54) is 12.1 Å². The third kappa shape index (κ3) is 3.28. The number of hydrogen-bond acceptors (Lipinski definition) is 3. The van der Waals surface area contributed by atoms with Gasteiger partial charge in [0.2, 0.25) is 0 Å². The van der Waals surface area contributed by atoms with Gasteiger partial charge in [-0.1, -0.05) is 44.2 Å². The van der Waals surface area contributed by atoms with Gasteiger partial charge in [0.25, 0.3) is 11.6 Å². The van der Waals surface area contributed by atoms with Crippen LogP contribution in [0.3, 0.4) is 0 Å². The lowest BCUT2D eigenvalue weighted by molar-refractivity contribution is -0.383. The monoisotopic (exact) mass is 355 g/mol. The first-order valence-corrected chi connectivity index (χ1v) is 8.09. The van der Waals surface area contributed by atoms with Gasteiger partial charge in [0.05, 0.1) is 4.92 Å². The highest BCUT2D eigenvalue weighted by atomic mass is 19.1. The van der Waals surface area contributed by atoms with Gasteiger partial charge >= 0.3 is 0 Å². The highest BCUT2D eigenvalue weighted by molar-refractivity contribution is 6.00. The average molecular weight is 355 g/mol. The molecule has 134 valence electrons. The number of nitro benzene ring substituents is 1. The molecule has 0 saturated heterocycles. The molecule has 0 spiro atoms. The van der Waals surface area contributed by atoms with Crippen LogP contribution in [0.25, 0.3) is 10.9 Å². The summed E-state index contributed by atoms with van der Waals surface area (Å²) in [6.07, 6.45) is 0. The summed E-state index contributed by atoms with van der Waals surface area (Å²) in [5.41, 5.74) is 0.328. The van der Waals surface area contributed by atoms with E-state index < -0.39 is 16.2 Å². The van der Waals surface area contributed by atoms with E-state index in [9.17, 15) is 19.3 Å². The summed E-state index contributed by atoms with van der Waals surface area (Å²) in [6.45, 7) is 3.88. The van der Waals surface area contributed by atoms with Gasteiger partial charge in [-0.2, -0.15) is 0 Å². The lowest BCUT2D eigenvalue weighted by Gasteiger charge is -2.26. The van der Waals surface area contributed by atoms with Crippen molar-refractivity contribution in [2.45, 2.75) is 19.3 Å². The number of rotatable bonds is 5. The van der Waals surface area contributed by atoms with Crippen molar-refractivity contribution in [3.63, 3.8) is 0 Å². The van der Waals surface area contributed by atoms with Crippen molar-refractivity contribution in [3.8, 4) is 0 Å². The number of nitrogens with one attached hydrogen (secondary N) is 2. The van der Waals surface area contributed by atoms with Crippen LogP contribution < -0.4 is 5.32 Å². The molecule has 0 atom stereocenters. The van der Waals surface area contributed by atoms with E-state index in [1.807, 2.05) is 13.8 Å². The molecule has 1 heterocycles. The molecule has 0 fully saturated rings. The van der Waals surface area contributed by atoms with Crippen molar-refractivity contribution in [3.05, 3.63) is 75.7 Å². The summed E-state index contributed by atoms with van der Waals surface area (Å²) >= 11 is 0. The molecule has 0 aliphatic heterocycles. The number of halogens is 1. The van der Waals surface area contributed by atoms with Crippen LogP contribution in [-0.4, -0.2) is 22.4 Å². The maximum atomic E-state index is 14.0.